The summed E-state index contributed by atoms with van der Waals surface area (Å²) in [6.07, 6.45) is 2.00. The number of aromatic nitrogens is 1. The lowest BCUT2D eigenvalue weighted by Gasteiger charge is -2.45. The predicted molar refractivity (Wildman–Crippen MR) is 233 cm³/mol. The van der Waals surface area contributed by atoms with E-state index in [9.17, 15) is 13.2 Å². The van der Waals surface area contributed by atoms with Crippen LogP contribution in [0.5, 0.6) is 5.88 Å². The maximum Gasteiger partial charge on any atom is 0.418 e. The van der Waals surface area contributed by atoms with E-state index in [4.69, 9.17) is 33.4 Å². The Kier molecular flexibility index (Phi) is 17.4. The highest BCUT2D eigenvalue weighted by Gasteiger charge is 2.42. The molecule has 1 saturated heterocycles. The zero-order valence-corrected chi connectivity index (χ0v) is 38.4. The second-order valence-corrected chi connectivity index (χ2v) is 19.9. The molecule has 1 aromatic heterocycles. The van der Waals surface area contributed by atoms with Gasteiger partial charge in [0.2, 0.25) is 5.88 Å². The van der Waals surface area contributed by atoms with Crippen LogP contribution in [0.1, 0.15) is 156 Å². The molecule has 1 aromatic carbocycles. The Labute approximate surface area is 359 Å². The molecule has 0 bridgehead atoms. The van der Waals surface area contributed by atoms with Gasteiger partial charge in [0.1, 0.15) is 6.61 Å². The standard InChI is InChI=1S/C49H71F3N2O6/c1-45(2,3)56-26-16-14-13-15-19-36-29-39(44(53-33-36)55-25-18-28-58-47(7,8)9)40-34-54(24-23-43(40)59-37-31-38(32-37)60-48(10,11)12)42-30-35(20-17-27-57-46(4,5)6)21-22-41(42)49(50,51)52/h21-22,29-30,33,37-38,40,43H,13-14,16,18,23-28,31-32,34H2,1-12H3. The minimum Gasteiger partial charge on any atom is -0.477 e. The second kappa shape index (κ2) is 21.2. The molecular formula is C49H71F3N2O6. The number of hydrogen-bond acceptors (Lipinski definition) is 8. The molecule has 4 rings (SSSR count). The summed E-state index contributed by atoms with van der Waals surface area (Å²) in [7, 11) is 0. The van der Waals surface area contributed by atoms with Crippen LogP contribution in [-0.2, 0) is 29.9 Å². The Morgan fingerprint density at radius 3 is 2.00 bits per heavy atom. The molecule has 2 aliphatic rings. The number of hydrogen-bond donors (Lipinski definition) is 0. The van der Waals surface area contributed by atoms with Crippen molar-refractivity contribution < 1.29 is 41.6 Å². The average molecular weight is 841 g/mol. The van der Waals surface area contributed by atoms with E-state index in [2.05, 4.69) is 23.7 Å². The van der Waals surface area contributed by atoms with Gasteiger partial charge >= 0.3 is 6.18 Å². The quantitative estimate of drug-likeness (QED) is 0.130. The van der Waals surface area contributed by atoms with E-state index in [1.54, 1.807) is 12.3 Å². The summed E-state index contributed by atoms with van der Waals surface area (Å²) in [4.78, 5) is 6.61. The van der Waals surface area contributed by atoms with Gasteiger partial charge in [0.05, 0.1) is 65.2 Å². The molecule has 0 N–H and O–H groups in total. The summed E-state index contributed by atoms with van der Waals surface area (Å²) in [5.74, 6) is 12.6. The van der Waals surface area contributed by atoms with Crippen molar-refractivity contribution in [1.29, 1.82) is 0 Å². The monoisotopic (exact) mass is 841 g/mol. The molecular weight excluding hydrogens is 770 g/mol. The Morgan fingerprint density at radius 1 is 0.717 bits per heavy atom. The van der Waals surface area contributed by atoms with Crippen molar-refractivity contribution in [2.75, 3.05) is 44.4 Å². The minimum absolute atomic E-state index is 0.0341. The number of anilines is 1. The zero-order chi connectivity index (χ0) is 44.4. The van der Waals surface area contributed by atoms with E-state index >= 15 is 0 Å². The first-order valence-electron chi connectivity index (χ1n) is 21.7. The third kappa shape index (κ3) is 17.6. The molecule has 11 heteroatoms. The minimum atomic E-state index is -4.58. The van der Waals surface area contributed by atoms with Gasteiger partial charge in [-0.2, -0.15) is 13.2 Å². The van der Waals surface area contributed by atoms with Gasteiger partial charge in [0.15, 0.2) is 0 Å². The van der Waals surface area contributed by atoms with Crippen molar-refractivity contribution in [3.05, 3.63) is 52.7 Å². The average Bonchev–Trinajstić information content (AvgIpc) is 3.10. The molecule has 2 heterocycles. The van der Waals surface area contributed by atoms with Crippen molar-refractivity contribution in [3.63, 3.8) is 0 Å². The molecule has 1 aliphatic heterocycles. The first-order chi connectivity index (χ1) is 27.9. The molecule has 1 saturated carbocycles. The highest BCUT2D eigenvalue weighted by molar-refractivity contribution is 5.60. The van der Waals surface area contributed by atoms with E-state index in [0.29, 0.717) is 62.6 Å². The summed E-state index contributed by atoms with van der Waals surface area (Å²) in [5, 5.41) is 0. The topological polar surface area (TPSA) is 71.5 Å². The van der Waals surface area contributed by atoms with Crippen molar-refractivity contribution in [3.8, 4) is 29.6 Å². The van der Waals surface area contributed by atoms with Crippen molar-refractivity contribution in [2.45, 2.75) is 181 Å². The summed E-state index contributed by atoms with van der Waals surface area (Å²) < 4.78 is 81.2. The van der Waals surface area contributed by atoms with Crippen LogP contribution in [0.25, 0.3) is 0 Å². The maximum atomic E-state index is 14.7. The van der Waals surface area contributed by atoms with Crippen LogP contribution < -0.4 is 9.64 Å². The van der Waals surface area contributed by atoms with E-state index < -0.39 is 11.7 Å². The smallest absolute Gasteiger partial charge is 0.418 e. The molecule has 2 fully saturated rings. The number of unbranched alkanes of at least 4 members (excludes halogenated alkanes) is 2. The van der Waals surface area contributed by atoms with Crippen LogP contribution in [0, 0.1) is 23.7 Å². The molecule has 60 heavy (non-hydrogen) atoms. The van der Waals surface area contributed by atoms with Crippen LogP contribution >= 0.6 is 0 Å². The fourth-order valence-electron chi connectivity index (χ4n) is 6.97. The fourth-order valence-corrected chi connectivity index (χ4v) is 6.97. The van der Waals surface area contributed by atoms with Gasteiger partial charge in [-0.05, 0) is 139 Å². The predicted octanol–water partition coefficient (Wildman–Crippen LogP) is 10.9. The molecule has 0 spiro atoms. The fraction of sp³-hybridized carbons (Fsp3) is 0.694. The number of piperidine rings is 1. The van der Waals surface area contributed by atoms with Crippen LogP contribution in [0.3, 0.4) is 0 Å². The molecule has 2 aromatic rings. The van der Waals surface area contributed by atoms with Crippen molar-refractivity contribution in [1.82, 2.24) is 4.98 Å². The van der Waals surface area contributed by atoms with Crippen LogP contribution in [0.4, 0.5) is 18.9 Å². The van der Waals surface area contributed by atoms with Crippen LogP contribution in [0.2, 0.25) is 0 Å². The number of ether oxygens (including phenoxy) is 6. The first kappa shape index (κ1) is 49.3. The van der Waals surface area contributed by atoms with Crippen molar-refractivity contribution >= 4 is 5.69 Å². The molecule has 2 atom stereocenters. The van der Waals surface area contributed by atoms with Gasteiger partial charge in [-0.25, -0.2) is 4.98 Å². The summed E-state index contributed by atoms with van der Waals surface area (Å²) in [6.45, 7) is 26.4. The third-order valence-corrected chi connectivity index (χ3v) is 9.75. The lowest BCUT2D eigenvalue weighted by molar-refractivity contribution is -0.167. The Balaban J connectivity index is 1.69. The third-order valence-electron chi connectivity index (χ3n) is 9.75. The van der Waals surface area contributed by atoms with E-state index in [-0.39, 0.29) is 65.5 Å². The van der Waals surface area contributed by atoms with Crippen LogP contribution in [-0.4, -0.2) is 85.2 Å². The number of pyridine rings is 1. The summed E-state index contributed by atoms with van der Waals surface area (Å²) >= 11 is 0. The number of halogens is 3. The van der Waals surface area contributed by atoms with Gasteiger partial charge in [-0.3, -0.25) is 0 Å². The number of benzene rings is 1. The zero-order valence-electron chi connectivity index (χ0n) is 38.4. The Morgan fingerprint density at radius 2 is 1.37 bits per heavy atom. The highest BCUT2D eigenvalue weighted by Crippen LogP contribution is 2.43. The second-order valence-electron chi connectivity index (χ2n) is 19.9. The normalized spacial score (nSPS) is 20.1. The molecule has 8 nitrogen and oxygen atoms in total. The molecule has 334 valence electrons. The maximum absolute atomic E-state index is 14.7. The Bertz CT molecular complexity index is 1790. The Hall–Kier alpha value is -3.32. The molecule has 2 unspecified atom stereocenters. The number of rotatable bonds is 15. The lowest BCUT2D eigenvalue weighted by Crippen LogP contribution is -2.48. The van der Waals surface area contributed by atoms with E-state index in [0.717, 1.165) is 37.3 Å². The highest BCUT2D eigenvalue weighted by atomic mass is 19.4. The lowest BCUT2D eigenvalue weighted by atomic mass is 9.85. The van der Waals surface area contributed by atoms with Gasteiger partial charge < -0.3 is 33.3 Å². The van der Waals surface area contributed by atoms with Crippen LogP contribution in [0.15, 0.2) is 30.5 Å². The molecule has 0 amide bonds. The summed E-state index contributed by atoms with van der Waals surface area (Å²) in [5.41, 5.74) is 0.212. The van der Waals surface area contributed by atoms with Gasteiger partial charge in [0, 0.05) is 61.3 Å². The first-order valence-corrected chi connectivity index (χ1v) is 21.7. The summed E-state index contributed by atoms with van der Waals surface area (Å²) in [6, 6.07) is 6.09. The largest absolute Gasteiger partial charge is 0.477 e. The van der Waals surface area contributed by atoms with E-state index in [1.807, 2.05) is 94.1 Å². The van der Waals surface area contributed by atoms with Gasteiger partial charge in [-0.15, -0.1) is 0 Å². The van der Waals surface area contributed by atoms with Gasteiger partial charge in [0.25, 0.3) is 0 Å². The van der Waals surface area contributed by atoms with Gasteiger partial charge in [-0.1, -0.05) is 23.7 Å². The SMILES string of the molecule is CC(C)(C)OCC#Cc1ccc(C(F)(F)F)c(N2CCC(OC3CC(OC(C)(C)C)C3)C(c3cc(C#CCCCCOC(C)(C)C)cnc3OCCCOC(C)(C)C)C2)c1. The number of alkyl halides is 3. The molecule has 1 aliphatic carbocycles. The van der Waals surface area contributed by atoms with E-state index in [1.165, 1.54) is 6.07 Å². The number of nitrogens with zero attached hydrogens (tertiary/aromatic N) is 2. The molecule has 0 radical (unpaired) electrons. The van der Waals surface area contributed by atoms with Crippen molar-refractivity contribution in [2.24, 2.45) is 0 Å².